The van der Waals surface area contributed by atoms with Gasteiger partial charge in [0.05, 0.1) is 16.9 Å². The fourth-order valence-electron chi connectivity index (χ4n) is 12.3. The van der Waals surface area contributed by atoms with Crippen molar-refractivity contribution >= 4 is 92.1 Å². The molecular weight excluding hydrogens is 907 g/mol. The molecule has 4 aliphatic heterocycles. The van der Waals surface area contributed by atoms with E-state index >= 15 is 13.2 Å². The van der Waals surface area contributed by atoms with E-state index in [1.165, 1.54) is 39.6 Å². The standard InChI is InChI=1S/C64H51B2F3N2S/c1-37(2)42-29-32-54-49(34-42)65-48-25-14-16-27-56(48)72-63-58(57-45(40-18-9-7-10-19-40)22-17-23-46(57)41-20-11-8-12-21-41)61-59-62(60(63)65)71(54)55-33-30-44(39(5)6)36-51(55)66(59)50-35-43(38(3)4)28-31-53(50)70(61)52-26-15-13-24-47(52)64(67,68)69/h7-39H,1-6H3. The van der Waals surface area contributed by atoms with Crippen molar-refractivity contribution in [2.24, 2.45) is 0 Å². The molecule has 0 saturated heterocycles. The second-order valence-electron chi connectivity index (χ2n) is 20.8. The fraction of sp³-hybridized carbons (Fsp3) is 0.156. The van der Waals surface area contributed by atoms with Crippen LogP contribution in [-0.4, -0.2) is 13.4 Å². The number of rotatable bonds is 7. The van der Waals surface area contributed by atoms with Gasteiger partial charge in [0.2, 0.25) is 6.71 Å². The first-order valence-electron chi connectivity index (χ1n) is 25.3. The third kappa shape index (κ3) is 6.67. The maximum atomic E-state index is 16.0. The minimum atomic E-state index is -4.65. The second-order valence-corrected chi connectivity index (χ2v) is 21.9. The number of hydrogen-bond acceptors (Lipinski definition) is 3. The Morgan fingerprint density at radius 2 is 0.875 bits per heavy atom. The van der Waals surface area contributed by atoms with Gasteiger partial charge in [-0.1, -0.05) is 204 Å². The Hall–Kier alpha value is -7.15. The average Bonchev–Trinajstić information content (AvgIpc) is 3.41. The zero-order chi connectivity index (χ0) is 49.3. The quantitative estimate of drug-likeness (QED) is 0.147. The van der Waals surface area contributed by atoms with Gasteiger partial charge in [-0.05, 0) is 120 Å². The van der Waals surface area contributed by atoms with Crippen molar-refractivity contribution in [3.63, 3.8) is 0 Å². The monoisotopic (exact) mass is 958 g/mol. The third-order valence-electron chi connectivity index (χ3n) is 15.7. The minimum Gasteiger partial charge on any atom is -0.312 e. The van der Waals surface area contributed by atoms with Gasteiger partial charge >= 0.3 is 6.18 Å². The molecule has 9 aromatic rings. The van der Waals surface area contributed by atoms with Crippen LogP contribution in [0.4, 0.5) is 47.3 Å². The second kappa shape index (κ2) is 16.7. The van der Waals surface area contributed by atoms with Crippen molar-refractivity contribution in [3.8, 4) is 33.4 Å². The number of para-hydroxylation sites is 1. The number of anilines is 6. The van der Waals surface area contributed by atoms with Crippen LogP contribution in [-0.2, 0) is 6.18 Å². The number of benzene rings is 9. The number of hydrogen-bond donors (Lipinski definition) is 0. The first-order valence-corrected chi connectivity index (χ1v) is 26.1. The molecule has 9 aromatic carbocycles. The van der Waals surface area contributed by atoms with Crippen LogP contribution in [0.5, 0.6) is 0 Å². The van der Waals surface area contributed by atoms with Crippen molar-refractivity contribution < 1.29 is 13.2 Å². The summed E-state index contributed by atoms with van der Waals surface area (Å²) < 4.78 is 48.1. The highest BCUT2D eigenvalue weighted by molar-refractivity contribution is 8.00. The zero-order valence-electron chi connectivity index (χ0n) is 41.1. The summed E-state index contributed by atoms with van der Waals surface area (Å²) in [6, 6.07) is 63.3. The Labute approximate surface area is 425 Å². The van der Waals surface area contributed by atoms with E-state index in [4.69, 9.17) is 0 Å². The molecule has 0 fully saturated rings. The molecule has 0 amide bonds. The molecule has 4 heterocycles. The van der Waals surface area contributed by atoms with Crippen LogP contribution in [0.25, 0.3) is 33.4 Å². The van der Waals surface area contributed by atoms with Gasteiger partial charge in [0.25, 0.3) is 6.71 Å². The minimum absolute atomic E-state index is 0.105. The lowest BCUT2D eigenvalue weighted by molar-refractivity contribution is -0.137. The van der Waals surface area contributed by atoms with Crippen LogP contribution in [0.1, 0.15) is 81.5 Å². The number of halogens is 3. The van der Waals surface area contributed by atoms with Crippen molar-refractivity contribution in [1.29, 1.82) is 0 Å². The lowest BCUT2D eigenvalue weighted by Crippen LogP contribution is -2.68. The van der Waals surface area contributed by atoms with E-state index in [1.54, 1.807) is 23.9 Å². The smallest absolute Gasteiger partial charge is 0.312 e. The summed E-state index contributed by atoms with van der Waals surface area (Å²) in [6.07, 6.45) is -4.65. The summed E-state index contributed by atoms with van der Waals surface area (Å²) in [6.45, 7) is 12.9. The zero-order valence-corrected chi connectivity index (χ0v) is 42.0. The summed E-state index contributed by atoms with van der Waals surface area (Å²) in [5, 5.41) is 0. The molecule has 8 heteroatoms. The van der Waals surface area contributed by atoms with Crippen LogP contribution < -0.4 is 42.6 Å². The van der Waals surface area contributed by atoms with E-state index in [2.05, 4.69) is 192 Å². The van der Waals surface area contributed by atoms with Gasteiger partial charge in [-0.2, -0.15) is 13.2 Å². The molecule has 0 atom stereocenters. The first-order chi connectivity index (χ1) is 34.9. The molecular formula is C64H51B2F3N2S. The van der Waals surface area contributed by atoms with E-state index in [0.717, 1.165) is 93.6 Å². The molecule has 0 unspecified atom stereocenters. The van der Waals surface area contributed by atoms with Crippen molar-refractivity contribution in [2.75, 3.05) is 9.80 Å². The maximum Gasteiger partial charge on any atom is 0.418 e. The van der Waals surface area contributed by atoms with Crippen LogP contribution in [0.2, 0.25) is 0 Å². The van der Waals surface area contributed by atoms with Crippen molar-refractivity contribution in [3.05, 3.63) is 204 Å². The van der Waals surface area contributed by atoms with E-state index in [-0.39, 0.29) is 36.9 Å². The molecule has 0 spiro atoms. The summed E-state index contributed by atoms with van der Waals surface area (Å²) in [7, 11) is 0. The molecule has 4 aliphatic rings. The highest BCUT2D eigenvalue weighted by Gasteiger charge is 2.53. The molecule has 0 aromatic heterocycles. The van der Waals surface area contributed by atoms with E-state index in [0.29, 0.717) is 0 Å². The van der Waals surface area contributed by atoms with Gasteiger partial charge in [0.15, 0.2) is 0 Å². The number of fused-ring (bicyclic) bond motifs is 10. The first kappa shape index (κ1) is 44.8. The third-order valence-corrected chi connectivity index (χ3v) is 16.9. The van der Waals surface area contributed by atoms with Crippen LogP contribution in [0, 0.1) is 0 Å². The van der Waals surface area contributed by atoms with Crippen molar-refractivity contribution in [2.45, 2.75) is 75.3 Å². The normalized spacial score (nSPS) is 13.8. The maximum absolute atomic E-state index is 16.0. The van der Waals surface area contributed by atoms with Crippen molar-refractivity contribution in [1.82, 2.24) is 0 Å². The van der Waals surface area contributed by atoms with Gasteiger partial charge in [0.1, 0.15) is 0 Å². The van der Waals surface area contributed by atoms with Gasteiger partial charge in [-0.25, -0.2) is 0 Å². The summed E-state index contributed by atoms with van der Waals surface area (Å²) in [4.78, 5) is 6.75. The Kier molecular flexibility index (Phi) is 10.4. The number of nitrogens with zero attached hydrogens (tertiary/aromatic N) is 2. The summed E-state index contributed by atoms with van der Waals surface area (Å²) in [5.74, 6) is 0.702. The average molecular weight is 959 g/mol. The molecule has 0 radical (unpaired) electrons. The van der Waals surface area contributed by atoms with Gasteiger partial charge in [0, 0.05) is 43.7 Å². The van der Waals surface area contributed by atoms with Gasteiger partial charge < -0.3 is 9.80 Å². The van der Waals surface area contributed by atoms with Gasteiger partial charge in [-0.3, -0.25) is 0 Å². The van der Waals surface area contributed by atoms with Crippen LogP contribution in [0.15, 0.2) is 192 Å². The van der Waals surface area contributed by atoms with E-state index in [9.17, 15) is 0 Å². The predicted octanol–water partition coefficient (Wildman–Crippen LogP) is 14.5. The molecule has 0 bridgehead atoms. The van der Waals surface area contributed by atoms with E-state index in [1.807, 2.05) is 17.0 Å². The van der Waals surface area contributed by atoms with E-state index < -0.39 is 11.7 Å². The summed E-state index contributed by atoms with van der Waals surface area (Å²) in [5.41, 5.74) is 20.8. The molecule has 0 N–H and O–H groups in total. The largest absolute Gasteiger partial charge is 0.418 e. The fourth-order valence-corrected chi connectivity index (χ4v) is 13.6. The highest BCUT2D eigenvalue weighted by atomic mass is 32.2. The topological polar surface area (TPSA) is 6.48 Å². The Balaban J connectivity index is 1.31. The SMILES string of the molecule is CC(C)c1ccc2c(c1)B1c3ccccc3Sc3c1c1c4c(c3-c3c(-c5ccccc5)cccc3-c3ccccc3)N(c3ccccc3C(F)(F)F)c3ccc(C(C)C)cc3B4c3cc(C(C)C)ccc3N21. The molecule has 0 saturated carbocycles. The van der Waals surface area contributed by atoms with Crippen LogP contribution >= 0.6 is 11.8 Å². The lowest BCUT2D eigenvalue weighted by Gasteiger charge is -2.51. The Morgan fingerprint density at radius 3 is 1.39 bits per heavy atom. The molecule has 2 nitrogen and oxygen atoms in total. The highest BCUT2D eigenvalue weighted by Crippen LogP contribution is 2.57. The number of alkyl halides is 3. The molecule has 72 heavy (non-hydrogen) atoms. The Bertz CT molecular complexity index is 3620. The summed E-state index contributed by atoms with van der Waals surface area (Å²) >= 11 is 1.77. The van der Waals surface area contributed by atoms with Crippen LogP contribution in [0.3, 0.4) is 0 Å². The Morgan fingerprint density at radius 1 is 0.417 bits per heavy atom. The van der Waals surface area contributed by atoms with Gasteiger partial charge in [-0.15, -0.1) is 0 Å². The molecule has 13 rings (SSSR count). The molecule has 350 valence electrons. The lowest BCUT2D eigenvalue weighted by atomic mass is 9.29. The predicted molar refractivity (Wildman–Crippen MR) is 299 cm³/mol. The molecule has 0 aliphatic carbocycles.